The number of carbonyl (C=O) groups excluding carboxylic acids is 1. The molecule has 2 N–H and O–H groups in total. The molecule has 1 aromatic rings. The minimum Gasteiger partial charge on any atom is -0.324 e. The molecule has 1 amide bonds. The summed E-state index contributed by atoms with van der Waals surface area (Å²) < 4.78 is 24.4. The van der Waals surface area contributed by atoms with Crippen LogP contribution in [0.5, 0.6) is 0 Å². The first-order valence-electron chi connectivity index (χ1n) is 5.90. The van der Waals surface area contributed by atoms with Gasteiger partial charge in [-0.2, -0.15) is 0 Å². The van der Waals surface area contributed by atoms with E-state index in [-0.39, 0.29) is 11.2 Å². The number of hydrogen-bond acceptors (Lipinski definition) is 4. The van der Waals surface area contributed by atoms with E-state index in [1.165, 1.54) is 11.8 Å². The van der Waals surface area contributed by atoms with Crippen molar-refractivity contribution in [3.05, 3.63) is 23.8 Å². The predicted molar refractivity (Wildman–Crippen MR) is 76.9 cm³/mol. The van der Waals surface area contributed by atoms with Gasteiger partial charge in [0.25, 0.3) is 0 Å². The summed E-state index contributed by atoms with van der Waals surface area (Å²) in [6.45, 7) is 2.22. The van der Waals surface area contributed by atoms with Gasteiger partial charge >= 0.3 is 0 Å². The van der Waals surface area contributed by atoms with E-state index in [2.05, 4.69) is 10.0 Å². The second-order valence-corrected chi connectivity index (χ2v) is 7.71. The lowest BCUT2D eigenvalue weighted by Gasteiger charge is -2.21. The zero-order chi connectivity index (χ0) is 14.0. The normalized spacial score (nSPS) is 18.8. The summed E-state index contributed by atoms with van der Waals surface area (Å²) >= 11 is 1.53. The Morgan fingerprint density at radius 1 is 1.42 bits per heavy atom. The molecule has 0 radical (unpaired) electrons. The van der Waals surface area contributed by atoms with Gasteiger partial charge < -0.3 is 5.32 Å². The van der Waals surface area contributed by atoms with Gasteiger partial charge in [-0.1, -0.05) is 6.07 Å². The first kappa shape index (κ1) is 14.4. The molecule has 1 aliphatic rings. The summed E-state index contributed by atoms with van der Waals surface area (Å²) in [5.41, 5.74) is 1.80. The Bertz CT molecular complexity index is 599. The van der Waals surface area contributed by atoms with Gasteiger partial charge in [-0.25, -0.2) is 13.1 Å². The molecular weight excluding hydrogens is 284 g/mol. The Hall–Kier alpha value is -1.05. The molecule has 0 fully saturated rings. The number of hydrogen-bond donors (Lipinski definition) is 2. The second-order valence-electron chi connectivity index (χ2n) is 4.50. The molecule has 5 nitrogen and oxygen atoms in total. The van der Waals surface area contributed by atoms with Crippen LogP contribution in [0.1, 0.15) is 12.5 Å². The zero-order valence-corrected chi connectivity index (χ0v) is 12.4. The van der Waals surface area contributed by atoms with Gasteiger partial charge in [0.05, 0.1) is 17.2 Å². The summed E-state index contributed by atoms with van der Waals surface area (Å²) in [6.07, 6.45) is 1.73. The monoisotopic (exact) mass is 300 g/mol. The van der Waals surface area contributed by atoms with E-state index >= 15 is 0 Å². The molecule has 2 rings (SSSR count). The number of amides is 1. The minimum atomic E-state index is -3.15. The Labute approximate surface area is 117 Å². The molecular formula is C12H16N2O3S2. The lowest BCUT2D eigenvalue weighted by Crippen LogP contribution is -2.27. The molecule has 1 unspecified atom stereocenters. The van der Waals surface area contributed by atoms with Crippen LogP contribution in [0.15, 0.2) is 23.1 Å². The molecule has 0 bridgehead atoms. The quantitative estimate of drug-likeness (QED) is 0.876. The molecule has 1 atom stereocenters. The van der Waals surface area contributed by atoms with Crippen LogP contribution in [0.2, 0.25) is 0 Å². The number of sulfonamides is 1. The number of anilines is 1. The van der Waals surface area contributed by atoms with Gasteiger partial charge in [-0.3, -0.25) is 4.79 Å². The molecule has 0 aromatic heterocycles. The zero-order valence-electron chi connectivity index (χ0n) is 10.8. The summed E-state index contributed by atoms with van der Waals surface area (Å²) in [5.74, 6) is 0.00362. The fraction of sp³-hybridized carbons (Fsp3) is 0.417. The average molecular weight is 300 g/mol. The third kappa shape index (κ3) is 3.95. The maximum Gasteiger partial charge on any atom is 0.237 e. The van der Waals surface area contributed by atoms with Crippen molar-refractivity contribution in [1.29, 1.82) is 0 Å². The molecule has 0 spiro atoms. The highest BCUT2D eigenvalue weighted by Gasteiger charge is 2.22. The molecule has 0 saturated heterocycles. The standard InChI is InChI=1S/C12H16N2O3S2/c1-8-12(15)14-10-7-9(3-4-11(10)18-8)5-6-13-19(2,16)17/h3-4,7-8,13H,5-6H2,1-2H3,(H,14,15). The van der Waals surface area contributed by atoms with Gasteiger partial charge in [0.2, 0.25) is 15.9 Å². The van der Waals surface area contributed by atoms with E-state index in [0.29, 0.717) is 13.0 Å². The topological polar surface area (TPSA) is 75.3 Å². The largest absolute Gasteiger partial charge is 0.324 e. The van der Waals surface area contributed by atoms with Crippen LogP contribution in [-0.2, 0) is 21.2 Å². The van der Waals surface area contributed by atoms with Crippen molar-refractivity contribution in [3.8, 4) is 0 Å². The Balaban J connectivity index is 2.05. The first-order valence-corrected chi connectivity index (χ1v) is 8.67. The number of nitrogens with one attached hydrogen (secondary N) is 2. The van der Waals surface area contributed by atoms with Crippen molar-refractivity contribution >= 4 is 33.4 Å². The van der Waals surface area contributed by atoms with Gasteiger partial charge in [0, 0.05) is 11.4 Å². The fourth-order valence-electron chi connectivity index (χ4n) is 1.79. The highest BCUT2D eigenvalue weighted by atomic mass is 32.2. The molecule has 1 heterocycles. The summed E-state index contributed by atoms with van der Waals surface area (Å²) in [6, 6.07) is 5.82. The van der Waals surface area contributed by atoms with Crippen molar-refractivity contribution < 1.29 is 13.2 Å². The smallest absolute Gasteiger partial charge is 0.237 e. The van der Waals surface area contributed by atoms with Gasteiger partial charge in [-0.15, -0.1) is 11.8 Å². The van der Waals surface area contributed by atoms with E-state index in [1.807, 2.05) is 25.1 Å². The van der Waals surface area contributed by atoms with E-state index < -0.39 is 10.0 Å². The maximum absolute atomic E-state index is 11.6. The molecule has 19 heavy (non-hydrogen) atoms. The van der Waals surface area contributed by atoms with Crippen LogP contribution < -0.4 is 10.0 Å². The third-order valence-electron chi connectivity index (χ3n) is 2.75. The van der Waals surface area contributed by atoms with Crippen molar-refractivity contribution in [2.75, 3.05) is 18.1 Å². The van der Waals surface area contributed by atoms with Crippen LogP contribution in [0.4, 0.5) is 5.69 Å². The molecule has 0 aliphatic carbocycles. The number of thioether (sulfide) groups is 1. The van der Waals surface area contributed by atoms with Crippen molar-refractivity contribution in [1.82, 2.24) is 4.72 Å². The number of fused-ring (bicyclic) bond motifs is 1. The van der Waals surface area contributed by atoms with Crippen LogP contribution in [0.25, 0.3) is 0 Å². The van der Waals surface area contributed by atoms with E-state index in [9.17, 15) is 13.2 Å². The third-order valence-corrected chi connectivity index (χ3v) is 4.66. The fourth-order valence-corrected chi connectivity index (χ4v) is 3.20. The van der Waals surface area contributed by atoms with Gasteiger partial charge in [0.1, 0.15) is 0 Å². The molecule has 0 saturated carbocycles. The lowest BCUT2D eigenvalue weighted by atomic mass is 10.1. The molecule has 1 aliphatic heterocycles. The van der Waals surface area contributed by atoms with E-state index in [1.54, 1.807) is 0 Å². The van der Waals surface area contributed by atoms with Gasteiger partial charge in [-0.05, 0) is 31.0 Å². The SMILES string of the molecule is CC1Sc2ccc(CCNS(C)(=O)=O)cc2NC1=O. The van der Waals surface area contributed by atoms with Crippen LogP contribution in [0, 0.1) is 0 Å². The molecule has 7 heteroatoms. The van der Waals surface area contributed by atoms with Gasteiger partial charge in [0.15, 0.2) is 0 Å². The molecule has 1 aromatic carbocycles. The van der Waals surface area contributed by atoms with Crippen LogP contribution >= 0.6 is 11.8 Å². The summed E-state index contributed by atoms with van der Waals surface area (Å²) in [4.78, 5) is 12.6. The van der Waals surface area contributed by atoms with Crippen LogP contribution in [0.3, 0.4) is 0 Å². The van der Waals surface area contributed by atoms with Crippen molar-refractivity contribution in [2.45, 2.75) is 23.5 Å². The predicted octanol–water partition coefficient (Wildman–Crippen LogP) is 1.21. The summed E-state index contributed by atoms with van der Waals surface area (Å²) in [7, 11) is -3.15. The average Bonchev–Trinajstić information content (AvgIpc) is 2.29. The van der Waals surface area contributed by atoms with E-state index in [0.717, 1.165) is 22.4 Å². The Kier molecular flexibility index (Phi) is 4.17. The first-order chi connectivity index (χ1) is 8.85. The number of rotatable bonds is 4. The van der Waals surface area contributed by atoms with Crippen LogP contribution in [-0.4, -0.2) is 32.4 Å². The van der Waals surface area contributed by atoms with E-state index in [4.69, 9.17) is 0 Å². The Morgan fingerprint density at radius 2 is 2.16 bits per heavy atom. The lowest BCUT2D eigenvalue weighted by molar-refractivity contribution is -0.115. The summed E-state index contributed by atoms with van der Waals surface area (Å²) in [5, 5.41) is 2.78. The van der Waals surface area contributed by atoms with Crippen molar-refractivity contribution in [2.24, 2.45) is 0 Å². The minimum absolute atomic E-state index is 0.00362. The second kappa shape index (κ2) is 5.52. The highest BCUT2D eigenvalue weighted by Crippen LogP contribution is 2.35. The van der Waals surface area contributed by atoms with Crippen molar-refractivity contribution in [3.63, 3.8) is 0 Å². The molecule has 104 valence electrons. The maximum atomic E-state index is 11.6. The Morgan fingerprint density at radius 3 is 2.84 bits per heavy atom. The highest BCUT2D eigenvalue weighted by molar-refractivity contribution is 8.01. The number of benzene rings is 1. The number of carbonyl (C=O) groups is 1.